The minimum atomic E-state index is -0.277. The Morgan fingerprint density at radius 3 is 2.42 bits per heavy atom. The molecule has 1 unspecified atom stereocenters. The van der Waals surface area contributed by atoms with Crippen LogP contribution in [0.5, 0.6) is 0 Å². The van der Waals surface area contributed by atoms with Crippen LogP contribution in [0.3, 0.4) is 0 Å². The van der Waals surface area contributed by atoms with Gasteiger partial charge in [-0.2, -0.15) is 0 Å². The molecule has 1 aromatic carbocycles. The molecule has 2 rings (SSSR count). The summed E-state index contributed by atoms with van der Waals surface area (Å²) in [4.78, 5) is 14.2. The highest BCUT2D eigenvalue weighted by atomic mass is 16.3. The number of piperidine rings is 1. The van der Waals surface area contributed by atoms with Crippen LogP contribution in [0.4, 0.5) is 0 Å². The lowest BCUT2D eigenvalue weighted by molar-refractivity contribution is 0.0521. The first-order valence-corrected chi connectivity index (χ1v) is 6.88. The van der Waals surface area contributed by atoms with E-state index in [9.17, 15) is 9.90 Å². The molecule has 3 N–H and O–H groups in total. The van der Waals surface area contributed by atoms with Crippen LogP contribution in [0.1, 0.15) is 35.7 Å². The lowest BCUT2D eigenvalue weighted by Gasteiger charge is -2.33. The monoisotopic (exact) mass is 262 g/mol. The first kappa shape index (κ1) is 14.0. The quantitative estimate of drug-likeness (QED) is 0.864. The molecule has 1 atom stereocenters. The molecule has 0 radical (unpaired) electrons. The third kappa shape index (κ3) is 3.33. The first-order valence-electron chi connectivity index (χ1n) is 6.88. The van der Waals surface area contributed by atoms with Gasteiger partial charge in [-0.25, -0.2) is 0 Å². The number of aliphatic hydroxyl groups excluding tert-OH is 1. The Morgan fingerprint density at radius 2 is 1.95 bits per heavy atom. The molecule has 0 saturated carbocycles. The number of rotatable bonds is 3. The van der Waals surface area contributed by atoms with E-state index in [4.69, 9.17) is 5.73 Å². The Labute approximate surface area is 114 Å². The highest BCUT2D eigenvalue weighted by molar-refractivity contribution is 5.94. The van der Waals surface area contributed by atoms with Gasteiger partial charge < -0.3 is 15.7 Å². The van der Waals surface area contributed by atoms with Crippen molar-refractivity contribution in [3.05, 3.63) is 35.4 Å². The minimum absolute atomic E-state index is 0.0765. The summed E-state index contributed by atoms with van der Waals surface area (Å²) in [6, 6.07) is 7.47. The van der Waals surface area contributed by atoms with Crippen molar-refractivity contribution in [1.82, 2.24) is 4.90 Å². The number of carbonyl (C=O) groups excluding carboxylic acids is 1. The van der Waals surface area contributed by atoms with E-state index >= 15 is 0 Å². The molecule has 0 spiro atoms. The highest BCUT2D eigenvalue weighted by Gasteiger charge is 2.25. The van der Waals surface area contributed by atoms with Crippen LogP contribution in [0.15, 0.2) is 24.3 Å². The fraction of sp³-hybridized carbons (Fsp3) is 0.533. The van der Waals surface area contributed by atoms with Gasteiger partial charge in [0.1, 0.15) is 0 Å². The summed E-state index contributed by atoms with van der Waals surface area (Å²) in [5.41, 5.74) is 7.29. The Bertz CT molecular complexity index is 420. The molecule has 1 aliphatic rings. The summed E-state index contributed by atoms with van der Waals surface area (Å²) in [7, 11) is 0. The summed E-state index contributed by atoms with van der Waals surface area (Å²) >= 11 is 0. The van der Waals surface area contributed by atoms with Crippen LogP contribution < -0.4 is 5.73 Å². The summed E-state index contributed by atoms with van der Waals surface area (Å²) < 4.78 is 0. The van der Waals surface area contributed by atoms with Crippen molar-refractivity contribution in [2.24, 2.45) is 11.7 Å². The topological polar surface area (TPSA) is 66.6 Å². The second-order valence-corrected chi connectivity index (χ2v) is 5.27. The lowest BCUT2D eigenvalue weighted by Crippen LogP contribution is -2.40. The van der Waals surface area contributed by atoms with Gasteiger partial charge in [0, 0.05) is 25.2 Å². The number of nitrogens with zero attached hydrogens (tertiary/aromatic N) is 1. The Kier molecular flexibility index (Phi) is 4.56. The average Bonchev–Trinajstić information content (AvgIpc) is 2.46. The number of likely N-dealkylation sites (tertiary alicyclic amines) is 1. The number of hydrogen-bond acceptors (Lipinski definition) is 3. The maximum atomic E-state index is 12.3. The predicted octanol–water partition coefficient (Wildman–Crippen LogP) is 1.38. The number of hydrogen-bond donors (Lipinski definition) is 2. The molecule has 19 heavy (non-hydrogen) atoms. The van der Waals surface area contributed by atoms with Crippen molar-refractivity contribution in [1.29, 1.82) is 0 Å². The first-order chi connectivity index (χ1) is 9.11. The molecule has 0 aromatic heterocycles. The Balaban J connectivity index is 1.97. The summed E-state index contributed by atoms with van der Waals surface area (Å²) in [6.45, 7) is 3.78. The molecule has 1 aliphatic heterocycles. The standard InChI is InChI=1S/C15H22N2O2/c1-11(18)13-6-8-17(9-7-13)15(19)14-4-2-12(10-16)3-5-14/h2-5,11,13,18H,6-10,16H2,1H3. The molecule has 1 amide bonds. The molecule has 4 heteroatoms. The van der Waals surface area contributed by atoms with Gasteiger partial charge >= 0.3 is 0 Å². The third-order valence-corrected chi connectivity index (χ3v) is 3.95. The maximum absolute atomic E-state index is 12.3. The SMILES string of the molecule is CC(O)C1CCN(C(=O)c2ccc(CN)cc2)CC1. The molecule has 1 fully saturated rings. The fourth-order valence-electron chi connectivity index (χ4n) is 2.55. The minimum Gasteiger partial charge on any atom is -0.393 e. The Morgan fingerprint density at radius 1 is 1.37 bits per heavy atom. The van der Waals surface area contributed by atoms with Gasteiger partial charge in [0.15, 0.2) is 0 Å². The van der Waals surface area contributed by atoms with Crippen LogP contribution >= 0.6 is 0 Å². The van der Waals surface area contributed by atoms with Crippen LogP contribution in [0.25, 0.3) is 0 Å². The molecule has 0 bridgehead atoms. The van der Waals surface area contributed by atoms with E-state index in [0.717, 1.165) is 31.5 Å². The van der Waals surface area contributed by atoms with Crippen molar-refractivity contribution in [3.63, 3.8) is 0 Å². The summed E-state index contributed by atoms with van der Waals surface area (Å²) in [5.74, 6) is 0.399. The molecule has 1 aromatic rings. The zero-order valence-electron chi connectivity index (χ0n) is 11.4. The third-order valence-electron chi connectivity index (χ3n) is 3.95. The van der Waals surface area contributed by atoms with Gasteiger partial charge in [0.25, 0.3) is 5.91 Å². The van der Waals surface area contributed by atoms with Crippen molar-refractivity contribution < 1.29 is 9.90 Å². The van der Waals surface area contributed by atoms with Crippen LogP contribution in [-0.4, -0.2) is 35.1 Å². The van der Waals surface area contributed by atoms with Crippen LogP contribution in [0.2, 0.25) is 0 Å². The van der Waals surface area contributed by atoms with Crippen molar-refractivity contribution in [3.8, 4) is 0 Å². The number of aliphatic hydroxyl groups is 1. The van der Waals surface area contributed by atoms with Gasteiger partial charge in [-0.3, -0.25) is 4.79 Å². The number of nitrogens with two attached hydrogens (primary N) is 1. The van der Waals surface area contributed by atoms with Crippen molar-refractivity contribution in [2.75, 3.05) is 13.1 Å². The number of carbonyl (C=O) groups is 1. The molecule has 4 nitrogen and oxygen atoms in total. The van der Waals surface area contributed by atoms with E-state index in [1.807, 2.05) is 36.1 Å². The molecule has 104 valence electrons. The van der Waals surface area contributed by atoms with Gasteiger partial charge in [0.2, 0.25) is 0 Å². The fourth-order valence-corrected chi connectivity index (χ4v) is 2.55. The zero-order valence-corrected chi connectivity index (χ0v) is 11.4. The normalized spacial score (nSPS) is 18.4. The molecular formula is C15H22N2O2. The smallest absolute Gasteiger partial charge is 0.253 e. The van der Waals surface area contributed by atoms with Crippen LogP contribution in [-0.2, 0) is 6.54 Å². The molecular weight excluding hydrogens is 240 g/mol. The van der Waals surface area contributed by atoms with Gasteiger partial charge in [-0.05, 0) is 43.4 Å². The zero-order chi connectivity index (χ0) is 13.8. The van der Waals surface area contributed by atoms with Crippen molar-refractivity contribution >= 4 is 5.91 Å². The number of benzene rings is 1. The van der Waals surface area contributed by atoms with Crippen molar-refractivity contribution in [2.45, 2.75) is 32.4 Å². The predicted molar refractivity (Wildman–Crippen MR) is 74.6 cm³/mol. The molecule has 0 aliphatic carbocycles. The highest BCUT2D eigenvalue weighted by Crippen LogP contribution is 2.21. The average molecular weight is 262 g/mol. The van der Waals surface area contributed by atoms with E-state index in [1.54, 1.807) is 0 Å². The largest absolute Gasteiger partial charge is 0.393 e. The second-order valence-electron chi connectivity index (χ2n) is 5.27. The van der Waals surface area contributed by atoms with E-state index in [2.05, 4.69) is 0 Å². The summed E-state index contributed by atoms with van der Waals surface area (Å²) in [6.07, 6.45) is 1.48. The van der Waals surface area contributed by atoms with E-state index in [1.165, 1.54) is 0 Å². The van der Waals surface area contributed by atoms with Crippen LogP contribution in [0, 0.1) is 5.92 Å². The second kappa shape index (κ2) is 6.17. The van der Waals surface area contributed by atoms with E-state index in [0.29, 0.717) is 18.0 Å². The lowest BCUT2D eigenvalue weighted by atomic mass is 9.92. The number of amides is 1. The molecule has 1 heterocycles. The van der Waals surface area contributed by atoms with Gasteiger partial charge in [-0.15, -0.1) is 0 Å². The van der Waals surface area contributed by atoms with E-state index < -0.39 is 0 Å². The van der Waals surface area contributed by atoms with Gasteiger partial charge in [-0.1, -0.05) is 12.1 Å². The van der Waals surface area contributed by atoms with E-state index in [-0.39, 0.29) is 12.0 Å². The maximum Gasteiger partial charge on any atom is 0.253 e. The van der Waals surface area contributed by atoms with Gasteiger partial charge in [0.05, 0.1) is 6.10 Å². The molecule has 1 saturated heterocycles. The Hall–Kier alpha value is -1.39. The summed E-state index contributed by atoms with van der Waals surface area (Å²) in [5, 5.41) is 9.56.